The number of anilines is 1. The second-order valence-electron chi connectivity index (χ2n) is 4.65. The Kier molecular flexibility index (Phi) is 5.23. The van der Waals surface area contributed by atoms with Crippen molar-refractivity contribution in [1.82, 2.24) is 0 Å². The molecule has 4 heteroatoms. The number of rotatable bonds is 5. The zero-order valence-electron chi connectivity index (χ0n) is 10.9. The highest BCUT2D eigenvalue weighted by Crippen LogP contribution is 2.25. The fraction of sp³-hybridized carbons (Fsp3) is 0.357. The van der Waals surface area contributed by atoms with Gasteiger partial charge in [-0.1, -0.05) is 31.5 Å². The molecule has 0 aliphatic rings. The van der Waals surface area contributed by atoms with Gasteiger partial charge in [-0.25, -0.2) is 4.79 Å². The molecule has 0 radical (unpaired) electrons. The molecule has 0 amide bonds. The molecule has 0 aliphatic heterocycles. The topological polar surface area (TPSA) is 40.5 Å². The Balaban J connectivity index is 3.06. The molecule has 0 atom stereocenters. The number of benzene rings is 1. The molecule has 1 N–H and O–H groups in total. The minimum Gasteiger partial charge on any atom is -0.478 e. The van der Waals surface area contributed by atoms with Crippen LogP contribution in [0.15, 0.2) is 24.3 Å². The second-order valence-corrected chi connectivity index (χ2v) is 5.09. The van der Waals surface area contributed by atoms with Crippen molar-refractivity contribution >= 4 is 29.3 Å². The summed E-state index contributed by atoms with van der Waals surface area (Å²) in [7, 11) is 1.98. The summed E-state index contributed by atoms with van der Waals surface area (Å²) in [6.45, 7) is 5.15. The number of aliphatic carboxylic acids is 1. The first kappa shape index (κ1) is 14.6. The molecule has 0 saturated carbocycles. The minimum atomic E-state index is -0.956. The molecule has 18 heavy (non-hydrogen) atoms. The molecule has 0 aromatic heterocycles. The van der Waals surface area contributed by atoms with Crippen LogP contribution in [0.4, 0.5) is 5.69 Å². The maximum Gasteiger partial charge on any atom is 0.328 e. The molecule has 0 fully saturated rings. The predicted molar refractivity (Wildman–Crippen MR) is 76.2 cm³/mol. The fourth-order valence-corrected chi connectivity index (χ4v) is 1.96. The van der Waals surface area contributed by atoms with Crippen molar-refractivity contribution in [1.29, 1.82) is 0 Å². The van der Waals surface area contributed by atoms with Gasteiger partial charge >= 0.3 is 5.97 Å². The number of carbonyl (C=O) groups is 1. The third-order valence-electron chi connectivity index (χ3n) is 2.45. The van der Waals surface area contributed by atoms with Gasteiger partial charge in [0.15, 0.2) is 0 Å². The van der Waals surface area contributed by atoms with E-state index in [0.717, 1.165) is 23.9 Å². The van der Waals surface area contributed by atoms with E-state index in [4.69, 9.17) is 16.7 Å². The Hall–Kier alpha value is -1.48. The van der Waals surface area contributed by atoms with Gasteiger partial charge in [0.1, 0.15) is 0 Å². The normalized spacial score (nSPS) is 11.2. The Morgan fingerprint density at radius 1 is 1.50 bits per heavy atom. The lowest BCUT2D eigenvalue weighted by molar-refractivity contribution is -0.131. The lowest BCUT2D eigenvalue weighted by Gasteiger charge is -2.23. The van der Waals surface area contributed by atoms with E-state index in [1.165, 1.54) is 0 Å². The maximum absolute atomic E-state index is 10.6. The quantitative estimate of drug-likeness (QED) is 0.830. The van der Waals surface area contributed by atoms with Crippen molar-refractivity contribution in [2.45, 2.75) is 13.8 Å². The number of halogens is 1. The van der Waals surface area contributed by atoms with Crippen LogP contribution in [0.3, 0.4) is 0 Å². The van der Waals surface area contributed by atoms with Crippen molar-refractivity contribution in [3.8, 4) is 0 Å². The van der Waals surface area contributed by atoms with Crippen molar-refractivity contribution in [2.24, 2.45) is 5.92 Å². The van der Waals surface area contributed by atoms with Crippen molar-refractivity contribution < 1.29 is 9.90 Å². The molecule has 0 heterocycles. The largest absolute Gasteiger partial charge is 0.478 e. The zero-order chi connectivity index (χ0) is 13.7. The summed E-state index contributed by atoms with van der Waals surface area (Å²) in [5.74, 6) is -0.437. The molecule has 1 aromatic carbocycles. The standard InChI is InChI=1S/C14H18ClNO2/c1-10(2)9-16(3)13-8-12(15)6-4-11(13)5-7-14(17)18/h4-8,10H,9H2,1-3H3,(H,17,18)/b7-5+. The molecular weight excluding hydrogens is 250 g/mol. The van der Waals surface area contributed by atoms with E-state index in [9.17, 15) is 4.79 Å². The first-order valence-corrected chi connectivity index (χ1v) is 6.19. The Labute approximate surface area is 113 Å². The van der Waals surface area contributed by atoms with E-state index < -0.39 is 5.97 Å². The van der Waals surface area contributed by atoms with E-state index >= 15 is 0 Å². The van der Waals surface area contributed by atoms with Crippen molar-refractivity contribution in [3.63, 3.8) is 0 Å². The molecule has 1 rings (SSSR count). The monoisotopic (exact) mass is 267 g/mol. The van der Waals surface area contributed by atoms with Gasteiger partial charge in [-0.15, -0.1) is 0 Å². The molecule has 0 unspecified atom stereocenters. The van der Waals surface area contributed by atoms with Gasteiger partial charge in [-0.2, -0.15) is 0 Å². The molecule has 0 bridgehead atoms. The maximum atomic E-state index is 10.6. The summed E-state index contributed by atoms with van der Waals surface area (Å²) in [6, 6.07) is 5.44. The predicted octanol–water partition coefficient (Wildman–Crippen LogP) is 3.53. The van der Waals surface area contributed by atoms with Crippen LogP contribution in [0.25, 0.3) is 6.08 Å². The summed E-state index contributed by atoms with van der Waals surface area (Å²) in [6.07, 6.45) is 2.72. The summed E-state index contributed by atoms with van der Waals surface area (Å²) >= 11 is 5.99. The highest BCUT2D eigenvalue weighted by molar-refractivity contribution is 6.31. The highest BCUT2D eigenvalue weighted by Gasteiger charge is 2.08. The smallest absolute Gasteiger partial charge is 0.328 e. The lowest BCUT2D eigenvalue weighted by Crippen LogP contribution is -2.23. The molecule has 0 saturated heterocycles. The lowest BCUT2D eigenvalue weighted by atomic mass is 10.1. The SMILES string of the molecule is CC(C)CN(C)c1cc(Cl)ccc1/C=C/C(=O)O. The van der Waals surface area contributed by atoms with E-state index in [0.29, 0.717) is 10.9 Å². The molecule has 1 aromatic rings. The van der Waals surface area contributed by atoms with Gasteiger partial charge in [-0.3, -0.25) is 0 Å². The first-order valence-electron chi connectivity index (χ1n) is 5.82. The second kappa shape index (κ2) is 6.45. The van der Waals surface area contributed by atoms with E-state index in [1.807, 2.05) is 19.2 Å². The van der Waals surface area contributed by atoms with Crippen LogP contribution >= 0.6 is 11.6 Å². The van der Waals surface area contributed by atoms with Gasteiger partial charge in [-0.05, 0) is 29.7 Å². The zero-order valence-corrected chi connectivity index (χ0v) is 11.6. The number of nitrogens with zero attached hydrogens (tertiary/aromatic N) is 1. The molecule has 0 spiro atoms. The van der Waals surface area contributed by atoms with Gasteiger partial charge in [0.25, 0.3) is 0 Å². The van der Waals surface area contributed by atoms with Crippen LogP contribution < -0.4 is 4.90 Å². The van der Waals surface area contributed by atoms with Crippen LogP contribution in [0.1, 0.15) is 19.4 Å². The van der Waals surface area contributed by atoms with Crippen LogP contribution in [-0.4, -0.2) is 24.7 Å². The van der Waals surface area contributed by atoms with Crippen LogP contribution in [0.5, 0.6) is 0 Å². The van der Waals surface area contributed by atoms with Gasteiger partial charge in [0.05, 0.1) is 0 Å². The summed E-state index contributed by atoms with van der Waals surface area (Å²) in [5.41, 5.74) is 1.79. The molecule has 3 nitrogen and oxygen atoms in total. The summed E-state index contributed by atoms with van der Waals surface area (Å²) in [5, 5.41) is 9.32. The van der Waals surface area contributed by atoms with Gasteiger partial charge in [0.2, 0.25) is 0 Å². The molecule has 0 aliphatic carbocycles. The number of carboxylic acid groups (broad SMARTS) is 1. The van der Waals surface area contributed by atoms with E-state index in [-0.39, 0.29) is 0 Å². The third-order valence-corrected chi connectivity index (χ3v) is 2.68. The number of carboxylic acids is 1. The average molecular weight is 268 g/mol. The number of hydrogen-bond acceptors (Lipinski definition) is 2. The Bertz CT molecular complexity index is 455. The van der Waals surface area contributed by atoms with Crippen LogP contribution in [0.2, 0.25) is 5.02 Å². The fourth-order valence-electron chi connectivity index (χ4n) is 1.80. The minimum absolute atomic E-state index is 0.519. The average Bonchev–Trinajstić information content (AvgIpc) is 2.26. The molecule has 98 valence electrons. The highest BCUT2D eigenvalue weighted by atomic mass is 35.5. The summed E-state index contributed by atoms with van der Waals surface area (Å²) in [4.78, 5) is 12.7. The number of hydrogen-bond donors (Lipinski definition) is 1. The summed E-state index contributed by atoms with van der Waals surface area (Å²) < 4.78 is 0. The van der Waals surface area contributed by atoms with Crippen LogP contribution in [0, 0.1) is 5.92 Å². The van der Waals surface area contributed by atoms with Crippen molar-refractivity contribution in [3.05, 3.63) is 34.9 Å². The third kappa shape index (κ3) is 4.41. The van der Waals surface area contributed by atoms with E-state index in [2.05, 4.69) is 18.7 Å². The van der Waals surface area contributed by atoms with E-state index in [1.54, 1.807) is 12.1 Å². The Morgan fingerprint density at radius 3 is 2.72 bits per heavy atom. The Morgan fingerprint density at radius 2 is 2.17 bits per heavy atom. The van der Waals surface area contributed by atoms with Crippen LogP contribution in [-0.2, 0) is 4.79 Å². The van der Waals surface area contributed by atoms with Gasteiger partial charge < -0.3 is 10.0 Å². The molecular formula is C14H18ClNO2. The van der Waals surface area contributed by atoms with Gasteiger partial charge in [0, 0.05) is 30.4 Å². The first-order chi connectivity index (χ1) is 8.40. The van der Waals surface area contributed by atoms with Crippen molar-refractivity contribution in [2.75, 3.05) is 18.5 Å².